The van der Waals surface area contributed by atoms with Crippen LogP contribution in [0.1, 0.15) is 113 Å². The van der Waals surface area contributed by atoms with E-state index in [1.165, 1.54) is 39.0 Å². The maximum Gasteiger partial charge on any atom is 0.163 e. The molecule has 24 heteroatoms. The fourth-order valence-electron chi connectivity index (χ4n) is 8.66. The van der Waals surface area contributed by atoms with Crippen molar-refractivity contribution in [3.63, 3.8) is 0 Å². The number of benzene rings is 2. The largest absolute Gasteiger partial charge is 0.494 e. The van der Waals surface area contributed by atoms with E-state index < -0.39 is 42.4 Å². The summed E-state index contributed by atoms with van der Waals surface area (Å²) < 4.78 is 91.6. The van der Waals surface area contributed by atoms with E-state index in [2.05, 4.69) is 68.0 Å². The smallest absolute Gasteiger partial charge is 0.163 e. The normalized spacial score (nSPS) is 18.5. The number of hydrogen-bond acceptors (Lipinski definition) is 18. The molecule has 2 fully saturated rings. The lowest BCUT2D eigenvalue weighted by Crippen LogP contribution is -2.30. The standard InChI is InChI=1S/2C24H30ClN5O5S/c2*1-14(21(35-6)22-26-11-15(25)12-27-22)36(31,32)13-19-28-29-23(16-10-24(16,2)3)30(19)20-17(33-4)8-7-9-18(20)34-5/h2*7-9,11-12,14,16,21H,10,13H2,1-6H3/t14-,16+,21-;14-,16-,21-/m00/s1. The van der Waals surface area contributed by atoms with Crippen molar-refractivity contribution in [2.45, 2.75) is 100 Å². The number of nitrogens with zero attached hydrogens (tertiary/aromatic N) is 10. The van der Waals surface area contributed by atoms with Crippen LogP contribution in [0.4, 0.5) is 0 Å². The first-order chi connectivity index (χ1) is 34.1. The lowest BCUT2D eigenvalue weighted by Gasteiger charge is -2.22. The van der Waals surface area contributed by atoms with Gasteiger partial charge < -0.3 is 28.4 Å². The Morgan fingerprint density at radius 3 is 1.10 bits per heavy atom. The molecule has 2 aliphatic carbocycles. The van der Waals surface area contributed by atoms with Crippen molar-refractivity contribution in [3.05, 3.63) is 106 Å². The predicted octanol–water partition coefficient (Wildman–Crippen LogP) is 7.86. The van der Waals surface area contributed by atoms with Gasteiger partial charge in [-0.1, -0.05) is 63.0 Å². The number of methoxy groups -OCH3 is 6. The van der Waals surface area contributed by atoms with Gasteiger partial charge in [0.1, 0.15) is 69.7 Å². The predicted molar refractivity (Wildman–Crippen MR) is 269 cm³/mol. The molecule has 4 aromatic heterocycles. The van der Waals surface area contributed by atoms with Gasteiger partial charge in [0.15, 0.2) is 43.0 Å². The molecule has 2 aliphatic rings. The third kappa shape index (κ3) is 11.2. The van der Waals surface area contributed by atoms with Crippen LogP contribution in [0.25, 0.3) is 11.4 Å². The number of sulfone groups is 2. The molecule has 0 spiro atoms. The minimum atomic E-state index is -3.82. The highest BCUT2D eigenvalue weighted by Crippen LogP contribution is 2.60. The van der Waals surface area contributed by atoms with Crippen molar-refractivity contribution in [1.82, 2.24) is 49.5 Å². The Morgan fingerprint density at radius 2 is 0.847 bits per heavy atom. The van der Waals surface area contributed by atoms with Crippen LogP contribution in [0, 0.1) is 10.8 Å². The Morgan fingerprint density at radius 1 is 0.556 bits per heavy atom. The van der Waals surface area contributed by atoms with Crippen molar-refractivity contribution in [2.24, 2.45) is 10.8 Å². The summed E-state index contributed by atoms with van der Waals surface area (Å²) in [6, 6.07) is 10.8. The van der Waals surface area contributed by atoms with Crippen molar-refractivity contribution in [2.75, 3.05) is 42.7 Å². The van der Waals surface area contributed by atoms with Crippen molar-refractivity contribution < 1.29 is 45.3 Å². The summed E-state index contributed by atoms with van der Waals surface area (Å²) in [4.78, 5) is 16.6. The van der Waals surface area contributed by atoms with Gasteiger partial charge in [-0.25, -0.2) is 36.8 Å². The molecule has 0 saturated heterocycles. The number of para-hydroxylation sites is 2. The Bertz CT molecular complexity index is 2850. The fourth-order valence-corrected chi connectivity index (χ4v) is 11.7. The maximum atomic E-state index is 13.6. The van der Waals surface area contributed by atoms with E-state index in [-0.39, 0.29) is 57.5 Å². The molecule has 0 bridgehead atoms. The summed E-state index contributed by atoms with van der Waals surface area (Å²) in [6.45, 7) is 11.7. The number of hydrogen-bond donors (Lipinski definition) is 0. The highest BCUT2D eigenvalue weighted by Gasteiger charge is 2.52. The van der Waals surface area contributed by atoms with Gasteiger partial charge >= 0.3 is 0 Å². The van der Waals surface area contributed by atoms with Crippen molar-refractivity contribution >= 4 is 42.9 Å². The topological polar surface area (TPSA) is 237 Å². The molecule has 0 N–H and O–H groups in total. The quantitative estimate of drug-likeness (QED) is 0.0707. The lowest BCUT2D eigenvalue weighted by molar-refractivity contribution is 0.0947. The van der Waals surface area contributed by atoms with Crippen LogP contribution < -0.4 is 18.9 Å². The summed E-state index contributed by atoms with van der Waals surface area (Å²) in [5.74, 6) is 3.84. The van der Waals surface area contributed by atoms with E-state index >= 15 is 0 Å². The molecule has 6 atom stereocenters. The molecule has 388 valence electrons. The van der Waals surface area contributed by atoms with Gasteiger partial charge in [0.05, 0.1) is 49.0 Å². The van der Waals surface area contributed by atoms with E-state index in [0.717, 1.165) is 12.8 Å². The molecule has 0 amide bonds. The van der Waals surface area contributed by atoms with Crippen LogP contribution in [0.2, 0.25) is 10.0 Å². The summed E-state index contributed by atoms with van der Waals surface area (Å²) in [5.41, 5.74) is 1.17. The lowest BCUT2D eigenvalue weighted by atomic mass is 10.1. The summed E-state index contributed by atoms with van der Waals surface area (Å²) in [6.07, 6.45) is 5.65. The molecule has 8 rings (SSSR count). The van der Waals surface area contributed by atoms with E-state index in [1.807, 2.05) is 0 Å². The van der Waals surface area contributed by atoms with Gasteiger partial charge in [-0.2, -0.15) is 0 Å². The number of aromatic nitrogens is 10. The second kappa shape index (κ2) is 21.5. The van der Waals surface area contributed by atoms with Crippen molar-refractivity contribution in [3.8, 4) is 34.4 Å². The molecule has 4 heterocycles. The molecule has 0 radical (unpaired) electrons. The maximum absolute atomic E-state index is 13.6. The van der Waals surface area contributed by atoms with Gasteiger partial charge in [-0.05, 0) is 61.8 Å². The SMILES string of the molecule is COc1cccc(OC)c1-n1c(CS(=O)(=O)[C@@H](C)[C@H](OC)c2ncc(Cl)cn2)nnc1[C@@H]1CC1(C)C.COc1cccc(OC)c1-n1c(CS(=O)(=O)[C@@H](C)[C@H](OC)c2ncc(Cl)cn2)nnc1[C@H]1CC1(C)C. The second-order valence-corrected chi connectivity index (χ2v) is 24.6. The molecular weight excluding hydrogens is 1010 g/mol. The second-order valence-electron chi connectivity index (χ2n) is 19.0. The Kier molecular flexibility index (Phi) is 16.2. The highest BCUT2D eigenvalue weighted by molar-refractivity contribution is 7.91. The van der Waals surface area contributed by atoms with Gasteiger partial charge in [-0.15, -0.1) is 20.4 Å². The van der Waals surface area contributed by atoms with Crippen LogP contribution in [0.3, 0.4) is 0 Å². The molecule has 0 aliphatic heterocycles. The van der Waals surface area contributed by atoms with E-state index in [1.54, 1.807) is 87.8 Å². The fraction of sp³-hybridized carbons (Fsp3) is 0.500. The van der Waals surface area contributed by atoms with Crippen LogP contribution in [-0.4, -0.2) is 119 Å². The molecule has 0 unspecified atom stereocenters. The first-order valence-corrected chi connectivity index (χ1v) is 27.0. The van der Waals surface area contributed by atoms with Crippen molar-refractivity contribution in [1.29, 1.82) is 0 Å². The van der Waals surface area contributed by atoms with E-state index in [0.29, 0.717) is 56.1 Å². The molecule has 2 aromatic carbocycles. The number of rotatable bonds is 20. The first-order valence-electron chi connectivity index (χ1n) is 22.8. The van der Waals surface area contributed by atoms with E-state index in [4.69, 9.17) is 51.6 Å². The first kappa shape index (κ1) is 54.3. The Balaban J connectivity index is 0.000000211. The number of ether oxygens (including phenoxy) is 6. The average Bonchev–Trinajstić information content (AvgIpc) is 4.02. The Labute approximate surface area is 430 Å². The van der Waals surface area contributed by atoms with Crippen LogP contribution in [0.15, 0.2) is 61.2 Å². The van der Waals surface area contributed by atoms with Gasteiger partial charge in [0, 0.05) is 50.8 Å². The summed E-state index contributed by atoms with van der Waals surface area (Å²) in [7, 11) is 1.42. The molecule has 72 heavy (non-hydrogen) atoms. The monoisotopic (exact) mass is 1070 g/mol. The zero-order valence-corrected chi connectivity index (χ0v) is 45.3. The zero-order valence-electron chi connectivity index (χ0n) is 42.2. The zero-order chi connectivity index (χ0) is 52.5. The van der Waals surface area contributed by atoms with Gasteiger partial charge in [0.2, 0.25) is 0 Å². The Hall–Kier alpha value is -5.52. The third-order valence-electron chi connectivity index (χ3n) is 13.4. The third-order valence-corrected chi connectivity index (χ3v) is 17.8. The molecule has 2 saturated carbocycles. The minimum absolute atomic E-state index is 0.0243. The molecular formula is C48H60Cl2N10O10S2. The summed E-state index contributed by atoms with van der Waals surface area (Å²) >= 11 is 11.8. The number of halogens is 2. The summed E-state index contributed by atoms with van der Waals surface area (Å²) in [5, 5.41) is 16.3. The van der Waals surface area contributed by atoms with Crippen LogP contribution in [0.5, 0.6) is 23.0 Å². The van der Waals surface area contributed by atoms with Gasteiger partial charge in [0.25, 0.3) is 0 Å². The van der Waals surface area contributed by atoms with Crippen LogP contribution >= 0.6 is 23.2 Å². The highest BCUT2D eigenvalue weighted by atomic mass is 35.5. The van der Waals surface area contributed by atoms with E-state index in [9.17, 15) is 16.8 Å². The van der Waals surface area contributed by atoms with Gasteiger partial charge in [-0.3, -0.25) is 9.13 Å². The average molecular weight is 1070 g/mol. The van der Waals surface area contributed by atoms with Crippen LogP contribution in [-0.2, 0) is 40.7 Å². The molecule has 20 nitrogen and oxygen atoms in total. The minimum Gasteiger partial charge on any atom is -0.494 e. The molecule has 6 aromatic rings.